The van der Waals surface area contributed by atoms with Crippen molar-refractivity contribution >= 4 is 6.03 Å². The number of rotatable bonds is 8. The predicted octanol–water partition coefficient (Wildman–Crippen LogP) is 3.85. The van der Waals surface area contributed by atoms with Crippen molar-refractivity contribution < 1.29 is 19.0 Å². The Hall–Kier alpha value is -1.79. The van der Waals surface area contributed by atoms with Crippen molar-refractivity contribution in [2.24, 2.45) is 5.92 Å². The van der Waals surface area contributed by atoms with E-state index in [1.165, 1.54) is 0 Å². The topological polar surface area (TPSA) is 60.0 Å². The van der Waals surface area contributed by atoms with Gasteiger partial charge in [-0.25, -0.2) is 4.79 Å². The first-order valence-electron chi connectivity index (χ1n) is 11.0. The van der Waals surface area contributed by atoms with Gasteiger partial charge in [-0.15, -0.1) is 0 Å². The number of hydrogen-bond acceptors (Lipinski definition) is 4. The molecule has 6 nitrogen and oxygen atoms in total. The van der Waals surface area contributed by atoms with Crippen LogP contribution in [0.3, 0.4) is 0 Å². The Morgan fingerprint density at radius 3 is 2.72 bits per heavy atom. The fraction of sp³-hybridized carbons (Fsp3) is 0.696. The molecule has 0 aromatic heterocycles. The Balaban J connectivity index is 1.36. The molecule has 1 N–H and O–H groups in total. The zero-order valence-electron chi connectivity index (χ0n) is 17.9. The summed E-state index contributed by atoms with van der Waals surface area (Å²) in [6.07, 6.45) is 4.80. The van der Waals surface area contributed by atoms with E-state index in [4.69, 9.17) is 14.2 Å². The summed E-state index contributed by atoms with van der Waals surface area (Å²) in [5, 5.41) is 3.04. The number of ether oxygens (including phenoxy) is 3. The summed E-state index contributed by atoms with van der Waals surface area (Å²) in [4.78, 5) is 14.3. The standard InChI is InChI=1S/C23H36N2O4/c1-19(2)8-12-24-22(26)25-13-10-23(11-14-25)18-21(9-15-29-23)28-17-16-27-20-6-4-3-5-7-20/h3-7,19,21H,8-18H2,1-2H3,(H,24,26). The maximum atomic E-state index is 12.3. The number of likely N-dealkylation sites (tertiary alicyclic amines) is 1. The third-order valence-corrected chi connectivity index (χ3v) is 5.86. The monoisotopic (exact) mass is 404 g/mol. The summed E-state index contributed by atoms with van der Waals surface area (Å²) in [7, 11) is 0. The molecule has 1 spiro atoms. The zero-order chi connectivity index (χ0) is 20.5. The molecular formula is C23H36N2O4. The zero-order valence-corrected chi connectivity index (χ0v) is 17.9. The van der Waals surface area contributed by atoms with Crippen LogP contribution < -0.4 is 10.1 Å². The SMILES string of the molecule is CC(C)CCNC(=O)N1CCC2(CC1)CC(OCCOc1ccccc1)CCO2. The first kappa shape index (κ1) is 21.9. The number of carbonyl (C=O) groups excluding carboxylic acids is 1. The lowest BCUT2D eigenvalue weighted by Gasteiger charge is -2.46. The van der Waals surface area contributed by atoms with Crippen molar-refractivity contribution in [3.63, 3.8) is 0 Å². The van der Waals surface area contributed by atoms with Crippen LogP contribution in [-0.4, -0.2) is 62.1 Å². The van der Waals surface area contributed by atoms with E-state index in [1.807, 2.05) is 35.2 Å². The fourth-order valence-electron chi connectivity index (χ4n) is 4.06. The number of carbonyl (C=O) groups is 1. The molecule has 0 bridgehead atoms. The van der Waals surface area contributed by atoms with Gasteiger partial charge in [0.2, 0.25) is 0 Å². The number of hydrogen-bond donors (Lipinski definition) is 1. The number of nitrogens with one attached hydrogen (secondary N) is 1. The second-order valence-electron chi connectivity index (χ2n) is 8.58. The van der Waals surface area contributed by atoms with Gasteiger partial charge >= 0.3 is 6.03 Å². The molecule has 0 saturated carbocycles. The van der Waals surface area contributed by atoms with E-state index >= 15 is 0 Å². The van der Waals surface area contributed by atoms with Gasteiger partial charge in [-0.2, -0.15) is 0 Å². The normalized spacial score (nSPS) is 21.3. The number of piperidine rings is 1. The molecule has 2 aliphatic rings. The second-order valence-corrected chi connectivity index (χ2v) is 8.58. The van der Waals surface area contributed by atoms with Crippen LogP contribution in [0.2, 0.25) is 0 Å². The van der Waals surface area contributed by atoms with Gasteiger partial charge in [-0.1, -0.05) is 32.0 Å². The Morgan fingerprint density at radius 1 is 1.24 bits per heavy atom. The van der Waals surface area contributed by atoms with E-state index < -0.39 is 0 Å². The Morgan fingerprint density at radius 2 is 2.00 bits per heavy atom. The van der Waals surface area contributed by atoms with Gasteiger partial charge in [0.15, 0.2) is 0 Å². The fourth-order valence-corrected chi connectivity index (χ4v) is 4.06. The molecule has 0 radical (unpaired) electrons. The number of para-hydroxylation sites is 1. The van der Waals surface area contributed by atoms with Gasteiger partial charge in [0.05, 0.1) is 18.3 Å². The van der Waals surface area contributed by atoms with E-state index in [2.05, 4.69) is 19.2 Å². The third-order valence-electron chi connectivity index (χ3n) is 5.86. The van der Waals surface area contributed by atoms with Gasteiger partial charge < -0.3 is 24.4 Å². The van der Waals surface area contributed by atoms with Crippen molar-refractivity contribution in [1.29, 1.82) is 0 Å². The number of amides is 2. The van der Waals surface area contributed by atoms with E-state index in [0.29, 0.717) is 19.1 Å². The lowest BCUT2D eigenvalue weighted by molar-refractivity contribution is -0.153. The van der Waals surface area contributed by atoms with Crippen molar-refractivity contribution in [1.82, 2.24) is 10.2 Å². The van der Waals surface area contributed by atoms with Gasteiger partial charge in [0.25, 0.3) is 0 Å². The van der Waals surface area contributed by atoms with E-state index in [1.54, 1.807) is 0 Å². The van der Waals surface area contributed by atoms with Gasteiger partial charge in [-0.3, -0.25) is 0 Å². The highest BCUT2D eigenvalue weighted by molar-refractivity contribution is 5.74. The first-order valence-corrected chi connectivity index (χ1v) is 11.0. The maximum Gasteiger partial charge on any atom is 0.317 e. The molecule has 1 aromatic rings. The quantitative estimate of drug-likeness (QED) is 0.669. The van der Waals surface area contributed by atoms with Gasteiger partial charge in [0, 0.05) is 32.7 Å². The van der Waals surface area contributed by atoms with E-state index in [-0.39, 0.29) is 17.7 Å². The summed E-state index contributed by atoms with van der Waals surface area (Å²) in [6.45, 7) is 8.45. The van der Waals surface area contributed by atoms with E-state index in [0.717, 1.165) is 64.1 Å². The molecule has 2 aliphatic heterocycles. The predicted molar refractivity (Wildman–Crippen MR) is 113 cm³/mol. The lowest BCUT2D eigenvalue weighted by atomic mass is 9.83. The Labute approximate surface area is 174 Å². The van der Waals surface area contributed by atoms with Crippen LogP contribution in [0.15, 0.2) is 30.3 Å². The van der Waals surface area contributed by atoms with Gasteiger partial charge in [-0.05, 0) is 43.7 Å². The lowest BCUT2D eigenvalue weighted by Crippen LogP contribution is -2.53. The summed E-state index contributed by atoms with van der Waals surface area (Å²) < 4.78 is 18.0. The average Bonchev–Trinajstić information content (AvgIpc) is 2.72. The molecule has 1 aromatic carbocycles. The van der Waals surface area contributed by atoms with Crippen molar-refractivity contribution in [2.45, 2.75) is 57.7 Å². The number of nitrogens with zero attached hydrogens (tertiary/aromatic N) is 1. The van der Waals surface area contributed by atoms with Crippen molar-refractivity contribution in [3.8, 4) is 5.75 Å². The summed E-state index contributed by atoms with van der Waals surface area (Å²) in [5.74, 6) is 1.48. The van der Waals surface area contributed by atoms with Crippen LogP contribution in [0.1, 0.15) is 46.0 Å². The molecular weight excluding hydrogens is 368 g/mol. The molecule has 162 valence electrons. The summed E-state index contributed by atoms with van der Waals surface area (Å²) in [5.41, 5.74) is -0.141. The summed E-state index contributed by atoms with van der Waals surface area (Å²) >= 11 is 0. The largest absolute Gasteiger partial charge is 0.491 e. The van der Waals surface area contributed by atoms with Gasteiger partial charge in [0.1, 0.15) is 12.4 Å². The first-order chi connectivity index (χ1) is 14.1. The molecule has 2 fully saturated rings. The average molecular weight is 405 g/mol. The van der Waals surface area contributed by atoms with Crippen LogP contribution in [-0.2, 0) is 9.47 Å². The highest BCUT2D eigenvalue weighted by atomic mass is 16.5. The van der Waals surface area contributed by atoms with Crippen LogP contribution in [0.25, 0.3) is 0 Å². The Bertz CT molecular complexity index is 615. The van der Waals surface area contributed by atoms with Crippen molar-refractivity contribution in [2.75, 3.05) is 39.5 Å². The minimum Gasteiger partial charge on any atom is -0.491 e. The molecule has 2 saturated heterocycles. The van der Waals surface area contributed by atoms with Crippen LogP contribution in [0.5, 0.6) is 5.75 Å². The Kier molecular flexibility index (Phi) is 8.19. The molecule has 2 amide bonds. The van der Waals surface area contributed by atoms with Crippen LogP contribution in [0.4, 0.5) is 4.79 Å². The number of urea groups is 1. The second kappa shape index (κ2) is 10.8. The molecule has 2 heterocycles. The molecule has 6 heteroatoms. The third kappa shape index (κ3) is 6.89. The summed E-state index contributed by atoms with van der Waals surface area (Å²) in [6, 6.07) is 9.88. The highest BCUT2D eigenvalue weighted by Crippen LogP contribution is 2.36. The van der Waals surface area contributed by atoms with Crippen molar-refractivity contribution in [3.05, 3.63) is 30.3 Å². The smallest absolute Gasteiger partial charge is 0.317 e. The molecule has 1 unspecified atom stereocenters. The van der Waals surface area contributed by atoms with Crippen LogP contribution in [0, 0.1) is 5.92 Å². The number of benzene rings is 1. The molecule has 29 heavy (non-hydrogen) atoms. The minimum atomic E-state index is -0.141. The molecule has 3 rings (SSSR count). The molecule has 0 aliphatic carbocycles. The molecule has 1 atom stereocenters. The van der Waals surface area contributed by atoms with E-state index in [9.17, 15) is 4.79 Å². The highest BCUT2D eigenvalue weighted by Gasteiger charge is 2.41. The maximum absolute atomic E-state index is 12.3. The van der Waals surface area contributed by atoms with Crippen LogP contribution >= 0.6 is 0 Å². The minimum absolute atomic E-state index is 0.0576.